The minimum atomic E-state index is -0.718. The van der Waals surface area contributed by atoms with E-state index in [0.717, 1.165) is 16.0 Å². The average Bonchev–Trinajstić information content (AvgIpc) is 3.24. The van der Waals surface area contributed by atoms with Gasteiger partial charge < -0.3 is 14.8 Å². The summed E-state index contributed by atoms with van der Waals surface area (Å²) >= 11 is 1.09. The number of rotatable bonds is 7. The summed E-state index contributed by atoms with van der Waals surface area (Å²) in [5.41, 5.74) is -0.0381. The van der Waals surface area contributed by atoms with Crippen LogP contribution in [0.5, 0.6) is 5.75 Å². The molecule has 4 rings (SSSR count). The number of halogens is 1. The number of carbonyl (C=O) groups is 2. The maximum Gasteiger partial charge on any atom is 0.359 e. The van der Waals surface area contributed by atoms with E-state index in [1.54, 1.807) is 36.6 Å². The fourth-order valence-corrected chi connectivity index (χ4v) is 4.31. The lowest BCUT2D eigenvalue weighted by atomic mass is 10.2. The molecule has 0 bridgehead atoms. The summed E-state index contributed by atoms with van der Waals surface area (Å²) in [6.07, 6.45) is -0.00218. The molecule has 180 valence electrons. The summed E-state index contributed by atoms with van der Waals surface area (Å²) in [5.74, 6) is -1.01. The molecule has 2 aromatic carbocycles. The second kappa shape index (κ2) is 10.1. The molecule has 35 heavy (non-hydrogen) atoms. The van der Waals surface area contributed by atoms with E-state index >= 15 is 0 Å². The highest BCUT2D eigenvalue weighted by Gasteiger charge is 2.23. The zero-order valence-electron chi connectivity index (χ0n) is 19.2. The normalized spacial score (nSPS) is 11.0. The summed E-state index contributed by atoms with van der Waals surface area (Å²) in [6, 6.07) is 11.7. The molecule has 2 aromatic heterocycles. The van der Waals surface area contributed by atoms with Crippen LogP contribution < -0.4 is 15.6 Å². The largest absolute Gasteiger partial charge is 0.491 e. The first-order chi connectivity index (χ1) is 16.8. The molecule has 1 amide bonds. The van der Waals surface area contributed by atoms with Crippen molar-refractivity contribution in [2.24, 2.45) is 0 Å². The number of fused-ring (bicyclic) bond motifs is 1. The first-order valence-corrected chi connectivity index (χ1v) is 11.7. The number of thiophene rings is 1. The molecule has 0 fully saturated rings. The van der Waals surface area contributed by atoms with Crippen LogP contribution in [0, 0.1) is 5.82 Å². The molecule has 0 radical (unpaired) electrons. The lowest BCUT2D eigenvalue weighted by molar-refractivity contribution is 0.0520. The van der Waals surface area contributed by atoms with E-state index in [1.165, 1.54) is 24.3 Å². The quantitative estimate of drug-likeness (QED) is 0.370. The van der Waals surface area contributed by atoms with E-state index in [1.807, 2.05) is 13.8 Å². The number of ether oxygens (including phenoxy) is 2. The Morgan fingerprint density at radius 3 is 2.43 bits per heavy atom. The second-order valence-electron chi connectivity index (χ2n) is 7.76. The van der Waals surface area contributed by atoms with E-state index in [2.05, 4.69) is 10.4 Å². The predicted molar refractivity (Wildman–Crippen MR) is 131 cm³/mol. The fourth-order valence-electron chi connectivity index (χ4n) is 3.38. The van der Waals surface area contributed by atoms with Gasteiger partial charge in [-0.05, 0) is 69.3 Å². The highest BCUT2D eigenvalue weighted by molar-refractivity contribution is 7.16. The summed E-state index contributed by atoms with van der Waals surface area (Å²) in [7, 11) is 0. The second-order valence-corrected chi connectivity index (χ2v) is 8.64. The molecule has 0 atom stereocenters. The van der Waals surface area contributed by atoms with Crippen molar-refractivity contribution < 1.29 is 23.5 Å². The van der Waals surface area contributed by atoms with E-state index in [0.29, 0.717) is 11.3 Å². The first kappa shape index (κ1) is 24.1. The first-order valence-electron chi connectivity index (χ1n) is 10.8. The van der Waals surface area contributed by atoms with Crippen LogP contribution in [-0.2, 0) is 4.74 Å². The van der Waals surface area contributed by atoms with Gasteiger partial charge in [0.15, 0.2) is 5.69 Å². The Hall–Kier alpha value is -4.05. The van der Waals surface area contributed by atoms with E-state index < -0.39 is 23.3 Å². The Balaban J connectivity index is 1.77. The van der Waals surface area contributed by atoms with Gasteiger partial charge in [-0.3, -0.25) is 9.59 Å². The Morgan fingerprint density at radius 1 is 1.11 bits per heavy atom. The third-order valence-electron chi connectivity index (χ3n) is 4.91. The van der Waals surface area contributed by atoms with Crippen LogP contribution in [0.15, 0.2) is 58.7 Å². The van der Waals surface area contributed by atoms with Crippen LogP contribution in [0.2, 0.25) is 0 Å². The van der Waals surface area contributed by atoms with Gasteiger partial charge >= 0.3 is 5.97 Å². The van der Waals surface area contributed by atoms with Crippen LogP contribution >= 0.6 is 11.3 Å². The van der Waals surface area contributed by atoms with Gasteiger partial charge in [-0.25, -0.2) is 9.18 Å². The molecule has 0 unspecified atom stereocenters. The van der Waals surface area contributed by atoms with Crippen molar-refractivity contribution in [3.63, 3.8) is 0 Å². The molecular formula is C25H22FN3O5S. The molecule has 0 aliphatic carbocycles. The van der Waals surface area contributed by atoms with Crippen LogP contribution in [0.1, 0.15) is 41.6 Å². The van der Waals surface area contributed by atoms with Crippen molar-refractivity contribution in [3.8, 4) is 11.4 Å². The fraction of sp³-hybridized carbons (Fsp3) is 0.200. The number of amides is 1. The lowest BCUT2D eigenvalue weighted by Crippen LogP contribution is -2.25. The summed E-state index contributed by atoms with van der Waals surface area (Å²) in [5, 5.41) is 9.12. The van der Waals surface area contributed by atoms with Gasteiger partial charge in [-0.2, -0.15) is 9.78 Å². The molecule has 0 saturated heterocycles. The monoisotopic (exact) mass is 495 g/mol. The lowest BCUT2D eigenvalue weighted by Gasteiger charge is -2.11. The Morgan fingerprint density at radius 2 is 1.80 bits per heavy atom. The number of nitrogens with one attached hydrogen (secondary N) is 1. The average molecular weight is 496 g/mol. The Labute approximate surface area is 203 Å². The van der Waals surface area contributed by atoms with Crippen LogP contribution in [-0.4, -0.2) is 34.4 Å². The number of benzene rings is 2. The third kappa shape index (κ3) is 5.07. The number of hydrogen-bond acceptors (Lipinski definition) is 7. The van der Waals surface area contributed by atoms with Gasteiger partial charge in [-0.1, -0.05) is 0 Å². The number of aromatic nitrogens is 2. The minimum Gasteiger partial charge on any atom is -0.491 e. The zero-order valence-corrected chi connectivity index (χ0v) is 20.0. The Bertz CT molecular complexity index is 1440. The van der Waals surface area contributed by atoms with Crippen molar-refractivity contribution >= 4 is 39.0 Å². The molecule has 0 aliphatic heterocycles. The van der Waals surface area contributed by atoms with E-state index in [9.17, 15) is 18.8 Å². The maximum absolute atomic E-state index is 13.4. The van der Waals surface area contributed by atoms with E-state index in [4.69, 9.17) is 9.47 Å². The van der Waals surface area contributed by atoms with Crippen LogP contribution in [0.3, 0.4) is 0 Å². The van der Waals surface area contributed by atoms with Crippen molar-refractivity contribution in [1.82, 2.24) is 9.78 Å². The molecule has 1 N–H and O–H groups in total. The highest BCUT2D eigenvalue weighted by Crippen LogP contribution is 2.31. The molecule has 0 saturated carbocycles. The van der Waals surface area contributed by atoms with E-state index in [-0.39, 0.29) is 39.9 Å². The Kier molecular flexibility index (Phi) is 6.92. The summed E-state index contributed by atoms with van der Waals surface area (Å²) < 4.78 is 25.1. The number of nitrogens with zero attached hydrogens (tertiary/aromatic N) is 2. The molecule has 0 spiro atoms. The van der Waals surface area contributed by atoms with Crippen LogP contribution in [0.25, 0.3) is 16.5 Å². The van der Waals surface area contributed by atoms with Crippen LogP contribution in [0.4, 0.5) is 9.39 Å². The van der Waals surface area contributed by atoms with Gasteiger partial charge in [0, 0.05) is 16.3 Å². The third-order valence-corrected chi connectivity index (χ3v) is 5.80. The number of hydrogen-bond donors (Lipinski definition) is 1. The van der Waals surface area contributed by atoms with Crippen molar-refractivity contribution in [1.29, 1.82) is 0 Å². The summed E-state index contributed by atoms with van der Waals surface area (Å²) in [4.78, 5) is 38.9. The number of anilines is 1. The topological polar surface area (TPSA) is 99.5 Å². The van der Waals surface area contributed by atoms with Crippen molar-refractivity contribution in [3.05, 3.63) is 81.3 Å². The van der Waals surface area contributed by atoms with Crippen molar-refractivity contribution in [2.45, 2.75) is 26.9 Å². The zero-order chi connectivity index (χ0) is 25.1. The predicted octanol–water partition coefficient (Wildman–Crippen LogP) is 4.80. The van der Waals surface area contributed by atoms with Gasteiger partial charge in [0.2, 0.25) is 0 Å². The highest BCUT2D eigenvalue weighted by atomic mass is 32.1. The van der Waals surface area contributed by atoms with Gasteiger partial charge in [0.25, 0.3) is 11.5 Å². The molecule has 2 heterocycles. The minimum absolute atomic E-state index is 0.00218. The molecule has 4 aromatic rings. The van der Waals surface area contributed by atoms with Gasteiger partial charge in [0.1, 0.15) is 16.6 Å². The van der Waals surface area contributed by atoms with Gasteiger partial charge in [0.05, 0.1) is 23.8 Å². The molecule has 8 nitrogen and oxygen atoms in total. The maximum atomic E-state index is 13.4. The number of carbonyl (C=O) groups excluding carboxylic acids is 2. The smallest absolute Gasteiger partial charge is 0.359 e. The molecule has 10 heteroatoms. The van der Waals surface area contributed by atoms with Crippen molar-refractivity contribution in [2.75, 3.05) is 11.9 Å². The SMILES string of the molecule is CCOC(=O)c1nn(-c2ccc(F)cc2)c(=O)c2c(NC(=O)c3ccc(OC(C)C)cc3)scc12. The number of esters is 1. The standard InChI is InChI=1S/C25H22FN3O5S/c1-4-33-25(32)21-19-13-35-23(27-22(30)15-5-11-18(12-6-15)34-14(2)3)20(19)24(31)29(28-21)17-9-7-16(26)8-10-17/h5-14H,4H2,1-3H3,(H,27,30). The summed E-state index contributed by atoms with van der Waals surface area (Å²) in [6.45, 7) is 5.57. The molecule has 0 aliphatic rings. The van der Waals surface area contributed by atoms with Gasteiger partial charge in [-0.15, -0.1) is 11.3 Å². The molecular weight excluding hydrogens is 473 g/mol.